The van der Waals surface area contributed by atoms with E-state index >= 15 is 0 Å². The number of hydrogen-bond acceptors (Lipinski definition) is 4. The fraction of sp³-hybridized carbons (Fsp3) is 0.273. The SMILES string of the molecule is COC(=O)[C@@H]1Cc2c(F)ccc(F)c2C(=O)O1. The minimum absolute atomic E-state index is 0.156. The van der Waals surface area contributed by atoms with Crippen LogP contribution in [-0.2, 0) is 20.7 Å². The van der Waals surface area contributed by atoms with E-state index in [0.29, 0.717) is 0 Å². The number of carbonyl (C=O) groups is 2. The molecule has 0 saturated heterocycles. The number of ether oxygens (including phenoxy) is 2. The van der Waals surface area contributed by atoms with E-state index in [1.807, 2.05) is 0 Å². The van der Waals surface area contributed by atoms with Crippen LogP contribution < -0.4 is 0 Å². The van der Waals surface area contributed by atoms with Crippen molar-refractivity contribution in [2.45, 2.75) is 12.5 Å². The Kier molecular flexibility index (Phi) is 2.79. The van der Waals surface area contributed by atoms with Crippen molar-refractivity contribution in [2.24, 2.45) is 0 Å². The number of esters is 2. The number of cyclic esters (lactones) is 1. The lowest BCUT2D eigenvalue weighted by molar-refractivity contribution is -0.151. The summed E-state index contributed by atoms with van der Waals surface area (Å²) in [6, 6.07) is 1.75. The van der Waals surface area contributed by atoms with Crippen LogP contribution in [0.5, 0.6) is 0 Å². The quantitative estimate of drug-likeness (QED) is 0.695. The van der Waals surface area contributed by atoms with Crippen molar-refractivity contribution in [2.75, 3.05) is 7.11 Å². The fourth-order valence-corrected chi connectivity index (χ4v) is 1.69. The summed E-state index contributed by atoms with van der Waals surface area (Å²) in [5.41, 5.74) is -0.609. The van der Waals surface area contributed by atoms with E-state index in [-0.39, 0.29) is 12.0 Å². The van der Waals surface area contributed by atoms with Gasteiger partial charge >= 0.3 is 11.9 Å². The van der Waals surface area contributed by atoms with Crippen LogP contribution in [0.1, 0.15) is 15.9 Å². The van der Waals surface area contributed by atoms with Gasteiger partial charge in [0.1, 0.15) is 17.2 Å². The van der Waals surface area contributed by atoms with Crippen LogP contribution in [0.4, 0.5) is 8.78 Å². The summed E-state index contributed by atoms with van der Waals surface area (Å²) in [5.74, 6) is -3.46. The second kappa shape index (κ2) is 4.12. The first-order valence-corrected chi connectivity index (χ1v) is 4.80. The predicted octanol–water partition coefficient (Wildman–Crippen LogP) is 1.22. The molecule has 1 atom stereocenters. The molecule has 90 valence electrons. The molecule has 6 heteroatoms. The van der Waals surface area contributed by atoms with Crippen molar-refractivity contribution in [1.29, 1.82) is 0 Å². The Morgan fingerprint density at radius 2 is 2.06 bits per heavy atom. The van der Waals surface area contributed by atoms with Gasteiger partial charge in [-0.1, -0.05) is 0 Å². The standard InChI is InChI=1S/C11H8F2O4/c1-16-10(14)8-4-5-6(12)2-3-7(13)9(5)11(15)17-8/h2-3,8H,4H2,1H3/t8-/m0/s1. The van der Waals surface area contributed by atoms with Crippen molar-refractivity contribution in [3.05, 3.63) is 34.9 Å². The molecule has 0 fully saturated rings. The van der Waals surface area contributed by atoms with Crippen LogP contribution in [-0.4, -0.2) is 25.2 Å². The van der Waals surface area contributed by atoms with Gasteiger partial charge in [0, 0.05) is 12.0 Å². The topological polar surface area (TPSA) is 52.6 Å². The molecule has 0 unspecified atom stereocenters. The van der Waals surface area contributed by atoms with Crippen LogP contribution in [0.15, 0.2) is 12.1 Å². The number of rotatable bonds is 1. The van der Waals surface area contributed by atoms with Gasteiger partial charge in [-0.2, -0.15) is 0 Å². The van der Waals surface area contributed by atoms with Crippen molar-refractivity contribution in [3.63, 3.8) is 0 Å². The van der Waals surface area contributed by atoms with E-state index < -0.39 is 35.2 Å². The van der Waals surface area contributed by atoms with E-state index in [0.717, 1.165) is 19.2 Å². The molecule has 1 heterocycles. The van der Waals surface area contributed by atoms with Crippen LogP contribution in [0.25, 0.3) is 0 Å². The third-order valence-electron chi connectivity index (χ3n) is 2.51. The minimum atomic E-state index is -1.23. The maximum absolute atomic E-state index is 13.4. The summed E-state index contributed by atoms with van der Waals surface area (Å²) in [5, 5.41) is 0. The predicted molar refractivity (Wildman–Crippen MR) is 51.3 cm³/mol. The highest BCUT2D eigenvalue weighted by Crippen LogP contribution is 2.26. The number of methoxy groups -OCH3 is 1. The number of carbonyl (C=O) groups excluding carboxylic acids is 2. The lowest BCUT2D eigenvalue weighted by Crippen LogP contribution is -2.36. The molecular formula is C11H8F2O4. The third-order valence-corrected chi connectivity index (χ3v) is 2.51. The highest BCUT2D eigenvalue weighted by atomic mass is 19.1. The van der Waals surface area contributed by atoms with Crippen LogP contribution in [0.2, 0.25) is 0 Å². The van der Waals surface area contributed by atoms with Gasteiger partial charge in [-0.25, -0.2) is 18.4 Å². The van der Waals surface area contributed by atoms with E-state index in [2.05, 4.69) is 9.47 Å². The van der Waals surface area contributed by atoms with Gasteiger partial charge in [0.05, 0.1) is 7.11 Å². The zero-order valence-corrected chi connectivity index (χ0v) is 8.83. The number of fused-ring (bicyclic) bond motifs is 1. The van der Waals surface area contributed by atoms with Gasteiger partial charge in [0.2, 0.25) is 6.10 Å². The summed E-state index contributed by atoms with van der Waals surface area (Å²) in [6.07, 6.45) is -1.45. The molecule has 1 aromatic carbocycles. The Balaban J connectivity index is 2.46. The maximum Gasteiger partial charge on any atom is 0.347 e. The van der Waals surface area contributed by atoms with Gasteiger partial charge in [0.15, 0.2) is 0 Å². The Labute approximate surface area is 95.1 Å². The molecule has 0 aliphatic carbocycles. The molecule has 4 nitrogen and oxygen atoms in total. The molecule has 0 amide bonds. The molecule has 1 aliphatic rings. The molecule has 0 spiro atoms. The highest BCUT2D eigenvalue weighted by molar-refractivity contribution is 5.95. The summed E-state index contributed by atoms with van der Waals surface area (Å²) < 4.78 is 35.8. The maximum atomic E-state index is 13.4. The smallest absolute Gasteiger partial charge is 0.347 e. The van der Waals surface area contributed by atoms with Gasteiger partial charge in [-0.05, 0) is 12.1 Å². The summed E-state index contributed by atoms with van der Waals surface area (Å²) in [6.45, 7) is 0. The average Bonchev–Trinajstić information content (AvgIpc) is 2.32. The van der Waals surface area contributed by atoms with Crippen molar-refractivity contribution in [1.82, 2.24) is 0 Å². The molecule has 0 N–H and O–H groups in total. The van der Waals surface area contributed by atoms with Crippen LogP contribution in [0.3, 0.4) is 0 Å². The molecule has 0 aromatic heterocycles. The Morgan fingerprint density at radius 3 is 2.71 bits per heavy atom. The molecule has 1 aromatic rings. The van der Waals surface area contributed by atoms with Crippen LogP contribution in [0, 0.1) is 11.6 Å². The van der Waals surface area contributed by atoms with Crippen molar-refractivity contribution < 1.29 is 27.8 Å². The van der Waals surface area contributed by atoms with Gasteiger partial charge < -0.3 is 9.47 Å². The fourth-order valence-electron chi connectivity index (χ4n) is 1.69. The lowest BCUT2D eigenvalue weighted by Gasteiger charge is -2.23. The van der Waals surface area contributed by atoms with E-state index in [1.165, 1.54) is 0 Å². The first-order chi connectivity index (χ1) is 8.04. The van der Waals surface area contributed by atoms with Gasteiger partial charge in [-0.3, -0.25) is 0 Å². The average molecular weight is 242 g/mol. The van der Waals surface area contributed by atoms with Crippen LogP contribution >= 0.6 is 0 Å². The van der Waals surface area contributed by atoms with Crippen molar-refractivity contribution >= 4 is 11.9 Å². The van der Waals surface area contributed by atoms with E-state index in [9.17, 15) is 18.4 Å². The molecule has 1 aliphatic heterocycles. The first-order valence-electron chi connectivity index (χ1n) is 4.80. The number of benzene rings is 1. The zero-order chi connectivity index (χ0) is 12.6. The van der Waals surface area contributed by atoms with Gasteiger partial charge in [0.25, 0.3) is 0 Å². The monoisotopic (exact) mass is 242 g/mol. The Bertz CT molecular complexity index is 498. The van der Waals surface area contributed by atoms with E-state index in [4.69, 9.17) is 0 Å². The molecule has 0 radical (unpaired) electrons. The normalized spacial score (nSPS) is 18.3. The summed E-state index contributed by atoms with van der Waals surface area (Å²) in [7, 11) is 1.12. The third kappa shape index (κ3) is 1.86. The zero-order valence-electron chi connectivity index (χ0n) is 8.83. The first kappa shape index (κ1) is 11.5. The second-order valence-corrected chi connectivity index (χ2v) is 3.50. The Hall–Kier alpha value is -1.98. The molecule has 0 bridgehead atoms. The minimum Gasteiger partial charge on any atom is -0.466 e. The van der Waals surface area contributed by atoms with E-state index in [1.54, 1.807) is 0 Å². The molecule has 2 rings (SSSR count). The number of halogens is 2. The molecule has 17 heavy (non-hydrogen) atoms. The van der Waals surface area contributed by atoms with Crippen molar-refractivity contribution in [3.8, 4) is 0 Å². The lowest BCUT2D eigenvalue weighted by atomic mass is 9.97. The highest BCUT2D eigenvalue weighted by Gasteiger charge is 2.35. The molecule has 0 saturated carbocycles. The van der Waals surface area contributed by atoms with Gasteiger partial charge in [-0.15, -0.1) is 0 Å². The molecular weight excluding hydrogens is 234 g/mol. The largest absolute Gasteiger partial charge is 0.466 e. The number of hydrogen-bond donors (Lipinski definition) is 0. The summed E-state index contributed by atoms with van der Waals surface area (Å²) >= 11 is 0. The Morgan fingerprint density at radius 1 is 1.41 bits per heavy atom. The summed E-state index contributed by atoms with van der Waals surface area (Å²) in [4.78, 5) is 22.7. The second-order valence-electron chi connectivity index (χ2n) is 3.50.